The van der Waals surface area contributed by atoms with Crippen molar-refractivity contribution in [2.24, 2.45) is 0 Å². The van der Waals surface area contributed by atoms with Gasteiger partial charge < -0.3 is 5.48 Å². The van der Waals surface area contributed by atoms with E-state index >= 15 is 0 Å². The van der Waals surface area contributed by atoms with Crippen molar-refractivity contribution in [1.29, 1.82) is 0 Å². The molecule has 0 aliphatic rings. The van der Waals surface area contributed by atoms with Crippen LogP contribution in [-0.4, -0.2) is 5.48 Å². The lowest BCUT2D eigenvalue weighted by molar-refractivity contribution is 0.824. The Morgan fingerprint density at radius 2 is 0.667 bits per heavy atom. The van der Waals surface area contributed by atoms with Crippen LogP contribution in [0.3, 0.4) is 0 Å². The average Bonchev–Trinajstić information content (AvgIpc) is 2.72. The van der Waals surface area contributed by atoms with Gasteiger partial charge in [0.25, 0.3) is 0 Å². The molecule has 0 unspecified atom stereocenters. The van der Waals surface area contributed by atoms with E-state index in [1.807, 2.05) is 18.2 Å². The Hall–Kier alpha value is -2.73. The minimum absolute atomic E-state index is 0. The average molecular weight is 372 g/mol. The van der Waals surface area contributed by atoms with E-state index in [0.717, 1.165) is 0 Å². The molecule has 0 aliphatic heterocycles. The molecule has 4 rings (SSSR count). The van der Waals surface area contributed by atoms with Crippen LogP contribution in [0, 0.1) is 6.92 Å². The molecule has 0 saturated carbocycles. The minimum Gasteiger partial charge on any atom is -0.412 e. The zero-order valence-corrected chi connectivity index (χ0v) is 16.4. The molecule has 0 bridgehead atoms. The summed E-state index contributed by atoms with van der Waals surface area (Å²) in [6.45, 7) is 2.08. The van der Waals surface area contributed by atoms with Gasteiger partial charge >= 0.3 is 0 Å². The fourth-order valence-electron chi connectivity index (χ4n) is 2.71. The molecule has 2 N–H and O–H groups in total. The van der Waals surface area contributed by atoms with E-state index in [2.05, 4.69) is 110 Å². The van der Waals surface area contributed by atoms with Crippen molar-refractivity contribution in [2.45, 2.75) is 6.92 Å². The van der Waals surface area contributed by atoms with Gasteiger partial charge in [0.15, 0.2) is 0 Å². The van der Waals surface area contributed by atoms with E-state index in [1.165, 1.54) is 21.5 Å². The van der Waals surface area contributed by atoms with Gasteiger partial charge in [-0.25, -0.2) is 0 Å². The van der Waals surface area contributed by atoms with Crippen molar-refractivity contribution in [1.82, 2.24) is 0 Å². The van der Waals surface area contributed by atoms with Gasteiger partial charge in [-0.2, -0.15) is 0 Å². The molecule has 27 heavy (non-hydrogen) atoms. The first-order valence-corrected chi connectivity index (χ1v) is 10.2. The summed E-state index contributed by atoms with van der Waals surface area (Å²) in [5.74, 6) is 0. The molecular weight excluding hydrogens is 347 g/mol. The number of hydrogen-bond donors (Lipinski definition) is 0. The predicted molar refractivity (Wildman–Crippen MR) is 120 cm³/mol. The molecule has 0 saturated heterocycles. The van der Waals surface area contributed by atoms with Gasteiger partial charge in [0.05, 0.1) is 0 Å². The smallest absolute Gasteiger partial charge is 0.0134 e. The fourth-order valence-corrected chi connectivity index (χ4v) is 5.02. The molecule has 0 heterocycles. The van der Waals surface area contributed by atoms with Crippen LogP contribution in [0.4, 0.5) is 0 Å². The maximum absolute atomic E-state index is 2.23. The van der Waals surface area contributed by atoms with Crippen LogP contribution in [0.25, 0.3) is 0 Å². The minimum atomic E-state index is -0.446. The second kappa shape index (κ2) is 11.1. The van der Waals surface area contributed by atoms with Gasteiger partial charge in [-0.3, -0.25) is 0 Å². The summed E-state index contributed by atoms with van der Waals surface area (Å²) in [5.41, 5.74) is 1.32. The topological polar surface area (TPSA) is 31.5 Å². The van der Waals surface area contributed by atoms with E-state index < -0.39 is 7.92 Å². The molecule has 4 aromatic carbocycles. The second-order valence-electron chi connectivity index (χ2n) is 6.00. The molecule has 0 atom stereocenters. The van der Waals surface area contributed by atoms with Gasteiger partial charge in [-0.1, -0.05) is 127 Å². The van der Waals surface area contributed by atoms with Gasteiger partial charge in [-0.05, 0) is 30.8 Å². The monoisotopic (exact) mass is 372 g/mol. The molecule has 0 aliphatic carbocycles. The maximum atomic E-state index is 2.23. The van der Waals surface area contributed by atoms with Crippen LogP contribution in [0.5, 0.6) is 0 Å². The van der Waals surface area contributed by atoms with Crippen molar-refractivity contribution >= 4 is 23.8 Å². The molecule has 0 fully saturated rings. The molecule has 0 amide bonds. The second-order valence-corrected chi connectivity index (χ2v) is 8.22. The molecule has 0 aromatic heterocycles. The van der Waals surface area contributed by atoms with Crippen LogP contribution in [0.1, 0.15) is 5.56 Å². The third kappa shape index (κ3) is 6.18. The lowest BCUT2D eigenvalue weighted by atomic mass is 10.2. The molecule has 2 heteroatoms. The first-order valence-electron chi connectivity index (χ1n) is 8.81. The van der Waals surface area contributed by atoms with Gasteiger partial charge in [0.2, 0.25) is 0 Å². The number of rotatable bonds is 3. The van der Waals surface area contributed by atoms with Crippen LogP contribution >= 0.6 is 7.92 Å². The normalized spacial score (nSPS) is 9.70. The van der Waals surface area contributed by atoms with Crippen LogP contribution in [0.2, 0.25) is 0 Å². The summed E-state index contributed by atoms with van der Waals surface area (Å²) < 4.78 is 0. The quantitative estimate of drug-likeness (QED) is 0.470. The van der Waals surface area contributed by atoms with Crippen LogP contribution in [0.15, 0.2) is 121 Å². The fraction of sp³-hybridized carbons (Fsp3) is 0.0400. The van der Waals surface area contributed by atoms with E-state index in [9.17, 15) is 0 Å². The zero-order chi connectivity index (χ0) is 18.0. The Balaban J connectivity index is 0.000000278. The van der Waals surface area contributed by atoms with Crippen molar-refractivity contribution in [3.05, 3.63) is 127 Å². The molecular formula is C25H25OP. The summed E-state index contributed by atoms with van der Waals surface area (Å²) in [5, 5.41) is 4.19. The lowest BCUT2D eigenvalue weighted by Gasteiger charge is -2.18. The highest BCUT2D eigenvalue weighted by atomic mass is 31.1. The summed E-state index contributed by atoms with van der Waals surface area (Å²) in [4.78, 5) is 0. The lowest BCUT2D eigenvalue weighted by Crippen LogP contribution is -2.20. The predicted octanol–water partition coefficient (Wildman–Crippen LogP) is 4.62. The SMILES string of the molecule is Cc1ccccc1.O.c1ccc(P(c2ccccc2)c2ccccc2)cc1. The first-order chi connectivity index (χ1) is 12.8. The summed E-state index contributed by atoms with van der Waals surface area (Å²) in [6.07, 6.45) is 0. The number of hydrogen-bond acceptors (Lipinski definition) is 0. The number of aryl methyl sites for hydroxylation is 1. The molecule has 4 aromatic rings. The van der Waals surface area contributed by atoms with Crippen LogP contribution < -0.4 is 15.9 Å². The highest BCUT2D eigenvalue weighted by molar-refractivity contribution is 7.79. The zero-order valence-electron chi connectivity index (χ0n) is 15.5. The van der Waals surface area contributed by atoms with E-state index in [0.29, 0.717) is 0 Å². The Bertz CT molecular complexity index is 784. The van der Waals surface area contributed by atoms with Crippen molar-refractivity contribution < 1.29 is 5.48 Å². The Kier molecular flexibility index (Phi) is 8.45. The summed E-state index contributed by atoms with van der Waals surface area (Å²) in [6, 6.07) is 42.6. The largest absolute Gasteiger partial charge is 0.412 e. The van der Waals surface area contributed by atoms with E-state index in [4.69, 9.17) is 0 Å². The van der Waals surface area contributed by atoms with E-state index in [1.54, 1.807) is 0 Å². The molecule has 0 radical (unpaired) electrons. The van der Waals surface area contributed by atoms with Gasteiger partial charge in [0.1, 0.15) is 0 Å². The van der Waals surface area contributed by atoms with E-state index in [-0.39, 0.29) is 5.48 Å². The van der Waals surface area contributed by atoms with Crippen molar-refractivity contribution in [3.8, 4) is 0 Å². The molecule has 0 spiro atoms. The Morgan fingerprint density at radius 1 is 0.407 bits per heavy atom. The van der Waals surface area contributed by atoms with Gasteiger partial charge in [0, 0.05) is 0 Å². The third-order valence-electron chi connectivity index (χ3n) is 3.98. The maximum Gasteiger partial charge on any atom is -0.0134 e. The third-order valence-corrected chi connectivity index (χ3v) is 6.43. The van der Waals surface area contributed by atoms with Gasteiger partial charge in [-0.15, -0.1) is 0 Å². The molecule has 1 nitrogen and oxygen atoms in total. The Morgan fingerprint density at radius 3 is 0.889 bits per heavy atom. The number of benzene rings is 4. The van der Waals surface area contributed by atoms with Crippen molar-refractivity contribution in [2.75, 3.05) is 0 Å². The van der Waals surface area contributed by atoms with Crippen LogP contribution in [-0.2, 0) is 0 Å². The highest BCUT2D eigenvalue weighted by Crippen LogP contribution is 2.32. The summed E-state index contributed by atoms with van der Waals surface area (Å²) >= 11 is 0. The molecule has 136 valence electrons. The summed E-state index contributed by atoms with van der Waals surface area (Å²) in [7, 11) is -0.446. The standard InChI is InChI=1S/C18H15P.C7H8.H2O/c1-4-10-16(11-5-1)19(17-12-6-2-7-13-17)18-14-8-3-9-15-18;1-7-5-3-2-4-6-7;/h1-15H;2-6H,1H3;1H2. The highest BCUT2D eigenvalue weighted by Gasteiger charge is 2.14. The van der Waals surface area contributed by atoms with Crippen molar-refractivity contribution in [3.63, 3.8) is 0 Å². The first kappa shape index (κ1) is 20.6. The Labute approximate surface area is 163 Å².